The van der Waals surface area contributed by atoms with Gasteiger partial charge in [0.1, 0.15) is 0 Å². The standard InChI is InChI=1S/C17H36/c1-9-11-17(15(7)13(5)10-2)16(8)14(6)12(3)4/h12-17H,9-11H2,1-8H3. The van der Waals surface area contributed by atoms with Crippen LogP contribution >= 0.6 is 0 Å². The maximum absolute atomic E-state index is 2.49. The predicted molar refractivity (Wildman–Crippen MR) is 80.2 cm³/mol. The van der Waals surface area contributed by atoms with Crippen LogP contribution in [0.5, 0.6) is 0 Å². The highest BCUT2D eigenvalue weighted by Crippen LogP contribution is 2.37. The number of hydrogen-bond acceptors (Lipinski definition) is 0. The third-order valence-electron chi connectivity index (χ3n) is 5.40. The largest absolute Gasteiger partial charge is 0.0654 e. The van der Waals surface area contributed by atoms with Gasteiger partial charge in [-0.15, -0.1) is 0 Å². The van der Waals surface area contributed by atoms with Crippen molar-refractivity contribution < 1.29 is 0 Å². The summed E-state index contributed by atoms with van der Waals surface area (Å²) in [7, 11) is 0. The van der Waals surface area contributed by atoms with Crippen LogP contribution in [-0.4, -0.2) is 0 Å². The average molecular weight is 240 g/mol. The zero-order chi connectivity index (χ0) is 13.6. The molecule has 17 heavy (non-hydrogen) atoms. The van der Waals surface area contributed by atoms with E-state index in [4.69, 9.17) is 0 Å². The molecule has 0 bridgehead atoms. The lowest BCUT2D eigenvalue weighted by Crippen LogP contribution is -2.30. The van der Waals surface area contributed by atoms with Gasteiger partial charge in [-0.1, -0.05) is 74.7 Å². The Hall–Kier alpha value is 0. The molecule has 0 aliphatic carbocycles. The van der Waals surface area contributed by atoms with Crippen LogP contribution in [0, 0.1) is 35.5 Å². The van der Waals surface area contributed by atoms with Crippen molar-refractivity contribution in [3.05, 3.63) is 0 Å². The smallest absolute Gasteiger partial charge is 0.0358 e. The van der Waals surface area contributed by atoms with Crippen molar-refractivity contribution in [3.63, 3.8) is 0 Å². The van der Waals surface area contributed by atoms with Crippen LogP contribution < -0.4 is 0 Å². The van der Waals surface area contributed by atoms with Crippen LogP contribution in [-0.2, 0) is 0 Å². The first-order valence-electron chi connectivity index (χ1n) is 7.86. The highest BCUT2D eigenvalue weighted by Gasteiger charge is 2.30. The summed E-state index contributed by atoms with van der Waals surface area (Å²) in [6.07, 6.45) is 4.06. The Kier molecular flexibility index (Phi) is 8.16. The second-order valence-electron chi connectivity index (χ2n) is 6.66. The predicted octanol–water partition coefficient (Wildman–Crippen LogP) is 6.01. The van der Waals surface area contributed by atoms with Crippen LogP contribution in [0.15, 0.2) is 0 Å². The lowest BCUT2D eigenvalue weighted by molar-refractivity contribution is 0.119. The van der Waals surface area contributed by atoms with Crippen molar-refractivity contribution in [1.82, 2.24) is 0 Å². The third-order valence-corrected chi connectivity index (χ3v) is 5.40. The molecule has 5 atom stereocenters. The van der Waals surface area contributed by atoms with Crippen molar-refractivity contribution in [1.29, 1.82) is 0 Å². The monoisotopic (exact) mass is 240 g/mol. The molecule has 0 aliphatic rings. The molecule has 0 N–H and O–H groups in total. The highest BCUT2D eigenvalue weighted by molar-refractivity contribution is 4.79. The molecule has 0 aromatic heterocycles. The molecule has 0 heterocycles. The molecule has 0 amide bonds. The summed E-state index contributed by atoms with van der Waals surface area (Å²) in [6.45, 7) is 19.3. The first-order valence-corrected chi connectivity index (χ1v) is 7.86. The summed E-state index contributed by atoms with van der Waals surface area (Å²) in [5.41, 5.74) is 0. The molecule has 0 spiro atoms. The molecule has 5 unspecified atom stereocenters. The van der Waals surface area contributed by atoms with E-state index in [1.807, 2.05) is 0 Å². The maximum atomic E-state index is 2.49. The van der Waals surface area contributed by atoms with Gasteiger partial charge in [0.25, 0.3) is 0 Å². The molecule has 0 saturated carbocycles. The quantitative estimate of drug-likeness (QED) is 0.487. The van der Waals surface area contributed by atoms with E-state index in [1.165, 1.54) is 19.3 Å². The van der Waals surface area contributed by atoms with Crippen LogP contribution in [0.3, 0.4) is 0 Å². The van der Waals surface area contributed by atoms with E-state index in [1.54, 1.807) is 0 Å². The fourth-order valence-corrected chi connectivity index (χ4v) is 3.13. The molecule has 104 valence electrons. The van der Waals surface area contributed by atoms with Gasteiger partial charge in [-0.25, -0.2) is 0 Å². The number of rotatable bonds is 8. The van der Waals surface area contributed by atoms with Gasteiger partial charge in [-0.3, -0.25) is 0 Å². The van der Waals surface area contributed by atoms with Crippen LogP contribution in [0.2, 0.25) is 0 Å². The normalized spacial score (nSPS) is 21.0. The molecule has 0 radical (unpaired) electrons. The minimum absolute atomic E-state index is 0.813. The average Bonchev–Trinajstić information content (AvgIpc) is 2.32. The highest BCUT2D eigenvalue weighted by atomic mass is 14.4. The summed E-state index contributed by atoms with van der Waals surface area (Å²) in [4.78, 5) is 0. The fourth-order valence-electron chi connectivity index (χ4n) is 3.13. The van der Waals surface area contributed by atoms with Crippen LogP contribution in [0.1, 0.15) is 74.7 Å². The van der Waals surface area contributed by atoms with E-state index < -0.39 is 0 Å². The molecular weight excluding hydrogens is 204 g/mol. The second-order valence-corrected chi connectivity index (χ2v) is 6.66. The van der Waals surface area contributed by atoms with Gasteiger partial charge in [-0.2, -0.15) is 0 Å². The Balaban J connectivity index is 4.70. The Morgan fingerprint density at radius 2 is 1.24 bits per heavy atom. The van der Waals surface area contributed by atoms with Crippen LogP contribution in [0.25, 0.3) is 0 Å². The van der Waals surface area contributed by atoms with E-state index in [2.05, 4.69) is 55.4 Å². The third kappa shape index (κ3) is 5.02. The van der Waals surface area contributed by atoms with E-state index in [0.717, 1.165) is 35.5 Å². The first kappa shape index (κ1) is 17.0. The second kappa shape index (κ2) is 8.16. The Morgan fingerprint density at radius 3 is 1.59 bits per heavy atom. The summed E-state index contributed by atoms with van der Waals surface area (Å²) in [6, 6.07) is 0. The molecule has 0 fully saturated rings. The first-order chi connectivity index (χ1) is 7.86. The summed E-state index contributed by atoms with van der Waals surface area (Å²) in [5.74, 6) is 5.17. The van der Waals surface area contributed by atoms with Crippen molar-refractivity contribution >= 4 is 0 Å². The Labute approximate surface area is 111 Å². The SMILES string of the molecule is CCCC(C(C)C(C)CC)C(C)C(C)C(C)C. The van der Waals surface area contributed by atoms with Crippen molar-refractivity contribution in [2.24, 2.45) is 35.5 Å². The Morgan fingerprint density at radius 1 is 0.706 bits per heavy atom. The molecule has 0 aromatic carbocycles. The zero-order valence-electron chi connectivity index (χ0n) is 13.6. The summed E-state index contributed by atoms with van der Waals surface area (Å²) >= 11 is 0. The maximum Gasteiger partial charge on any atom is -0.0358 e. The van der Waals surface area contributed by atoms with E-state index >= 15 is 0 Å². The van der Waals surface area contributed by atoms with Gasteiger partial charge >= 0.3 is 0 Å². The van der Waals surface area contributed by atoms with Crippen LogP contribution in [0.4, 0.5) is 0 Å². The molecule has 0 saturated heterocycles. The minimum Gasteiger partial charge on any atom is -0.0654 e. The van der Waals surface area contributed by atoms with E-state index in [-0.39, 0.29) is 0 Å². The molecular formula is C17H36. The minimum atomic E-state index is 0.813. The lowest BCUT2D eigenvalue weighted by atomic mass is 9.68. The molecule has 0 heteroatoms. The van der Waals surface area contributed by atoms with Gasteiger partial charge in [0.2, 0.25) is 0 Å². The number of hydrogen-bond donors (Lipinski definition) is 0. The fraction of sp³-hybridized carbons (Fsp3) is 1.00. The van der Waals surface area contributed by atoms with Crippen molar-refractivity contribution in [2.75, 3.05) is 0 Å². The van der Waals surface area contributed by atoms with Gasteiger partial charge in [-0.05, 0) is 35.5 Å². The zero-order valence-corrected chi connectivity index (χ0v) is 13.6. The molecule has 0 nitrogen and oxygen atoms in total. The molecule has 0 aromatic rings. The molecule has 0 rings (SSSR count). The summed E-state index contributed by atoms with van der Waals surface area (Å²) < 4.78 is 0. The topological polar surface area (TPSA) is 0 Å². The summed E-state index contributed by atoms with van der Waals surface area (Å²) in [5, 5.41) is 0. The van der Waals surface area contributed by atoms with E-state index in [0.29, 0.717) is 0 Å². The van der Waals surface area contributed by atoms with Gasteiger partial charge < -0.3 is 0 Å². The van der Waals surface area contributed by atoms with Gasteiger partial charge in [0.15, 0.2) is 0 Å². The van der Waals surface area contributed by atoms with E-state index in [9.17, 15) is 0 Å². The lowest BCUT2D eigenvalue weighted by Gasteiger charge is -2.37. The van der Waals surface area contributed by atoms with Crippen molar-refractivity contribution in [2.45, 2.75) is 74.7 Å². The Bertz CT molecular complexity index is 182. The van der Waals surface area contributed by atoms with Crippen molar-refractivity contribution in [3.8, 4) is 0 Å². The van der Waals surface area contributed by atoms with Gasteiger partial charge in [0, 0.05) is 0 Å². The van der Waals surface area contributed by atoms with Gasteiger partial charge in [0.05, 0.1) is 0 Å². The molecule has 0 aliphatic heterocycles.